The molecule has 0 aliphatic carbocycles. The third-order valence-electron chi connectivity index (χ3n) is 1.74. The van der Waals surface area contributed by atoms with E-state index in [1.54, 1.807) is 6.92 Å². The SMILES string of the molecule is CC1(CNC(=O)O)COC(=O)OC1. The van der Waals surface area contributed by atoms with E-state index in [0.29, 0.717) is 0 Å². The van der Waals surface area contributed by atoms with E-state index < -0.39 is 17.7 Å². The van der Waals surface area contributed by atoms with E-state index in [0.717, 1.165) is 0 Å². The van der Waals surface area contributed by atoms with E-state index in [4.69, 9.17) is 5.11 Å². The maximum absolute atomic E-state index is 10.5. The zero-order valence-corrected chi connectivity index (χ0v) is 7.20. The standard InChI is InChI=1S/C7H11NO5/c1-7(2-8-5(9)10)3-12-6(11)13-4-7/h8H,2-4H2,1H3,(H,9,10). The van der Waals surface area contributed by atoms with E-state index in [9.17, 15) is 9.59 Å². The normalized spacial score (nSPS) is 19.9. The van der Waals surface area contributed by atoms with Gasteiger partial charge in [-0.1, -0.05) is 6.92 Å². The molecule has 1 aliphatic heterocycles. The second-order valence-corrected chi connectivity index (χ2v) is 3.30. The van der Waals surface area contributed by atoms with Crippen LogP contribution in [0.1, 0.15) is 6.92 Å². The Kier molecular flexibility index (Phi) is 2.60. The second-order valence-electron chi connectivity index (χ2n) is 3.30. The molecule has 1 heterocycles. The molecule has 6 heteroatoms. The van der Waals surface area contributed by atoms with E-state index in [-0.39, 0.29) is 19.8 Å². The highest BCUT2D eigenvalue weighted by Crippen LogP contribution is 2.20. The van der Waals surface area contributed by atoms with Crippen molar-refractivity contribution in [2.75, 3.05) is 19.8 Å². The molecule has 1 aliphatic rings. The monoisotopic (exact) mass is 189 g/mol. The molecule has 74 valence electrons. The van der Waals surface area contributed by atoms with Gasteiger partial charge in [0, 0.05) is 6.54 Å². The molecule has 13 heavy (non-hydrogen) atoms. The number of amides is 1. The van der Waals surface area contributed by atoms with E-state index in [2.05, 4.69) is 14.8 Å². The van der Waals surface area contributed by atoms with Gasteiger partial charge in [-0.3, -0.25) is 0 Å². The van der Waals surface area contributed by atoms with Crippen LogP contribution >= 0.6 is 0 Å². The maximum atomic E-state index is 10.5. The fourth-order valence-electron chi connectivity index (χ4n) is 0.941. The average Bonchev–Trinajstić information content (AvgIpc) is 2.08. The molecule has 0 spiro atoms. The smallest absolute Gasteiger partial charge is 0.465 e. The predicted octanol–water partition coefficient (Wildman–Crippen LogP) is 0.427. The van der Waals surface area contributed by atoms with Crippen molar-refractivity contribution in [2.45, 2.75) is 6.92 Å². The van der Waals surface area contributed by atoms with Crippen LogP contribution in [0.4, 0.5) is 9.59 Å². The molecule has 1 fully saturated rings. The minimum Gasteiger partial charge on any atom is -0.465 e. The van der Waals surface area contributed by atoms with Gasteiger partial charge in [0.05, 0.1) is 5.41 Å². The fraction of sp³-hybridized carbons (Fsp3) is 0.714. The first-order chi connectivity index (χ1) is 6.02. The Bertz CT molecular complexity index is 217. The molecular formula is C7H11NO5. The van der Waals surface area contributed by atoms with Crippen LogP contribution in [0.15, 0.2) is 0 Å². The summed E-state index contributed by atoms with van der Waals surface area (Å²) < 4.78 is 9.26. The Hall–Kier alpha value is -1.46. The number of nitrogens with one attached hydrogen (secondary N) is 1. The third-order valence-corrected chi connectivity index (χ3v) is 1.74. The average molecular weight is 189 g/mol. The van der Waals surface area contributed by atoms with Crippen LogP contribution in [-0.2, 0) is 9.47 Å². The number of carbonyl (C=O) groups excluding carboxylic acids is 1. The Labute approximate surface area is 74.8 Å². The van der Waals surface area contributed by atoms with Crippen molar-refractivity contribution in [3.63, 3.8) is 0 Å². The van der Waals surface area contributed by atoms with Gasteiger partial charge in [-0.25, -0.2) is 9.59 Å². The van der Waals surface area contributed by atoms with Crippen LogP contribution in [0.25, 0.3) is 0 Å². The first-order valence-electron chi connectivity index (χ1n) is 3.78. The van der Waals surface area contributed by atoms with Crippen molar-refractivity contribution < 1.29 is 24.2 Å². The summed E-state index contributed by atoms with van der Waals surface area (Å²) in [6, 6.07) is 0. The number of cyclic esters (lactones) is 2. The van der Waals surface area contributed by atoms with Gasteiger partial charge in [0.1, 0.15) is 13.2 Å². The molecule has 0 aromatic rings. The number of carbonyl (C=O) groups is 2. The zero-order chi connectivity index (χ0) is 9.90. The van der Waals surface area contributed by atoms with Crippen molar-refractivity contribution >= 4 is 12.2 Å². The van der Waals surface area contributed by atoms with Crippen molar-refractivity contribution in [1.29, 1.82) is 0 Å². The molecule has 0 aromatic carbocycles. The Balaban J connectivity index is 2.38. The first kappa shape index (κ1) is 9.63. The van der Waals surface area contributed by atoms with E-state index in [1.165, 1.54) is 0 Å². The van der Waals surface area contributed by atoms with Gasteiger partial charge in [-0.15, -0.1) is 0 Å². The summed E-state index contributed by atoms with van der Waals surface area (Å²) in [5.41, 5.74) is -0.466. The van der Waals surface area contributed by atoms with E-state index in [1.807, 2.05) is 0 Å². The molecule has 0 saturated carbocycles. The van der Waals surface area contributed by atoms with Crippen LogP contribution in [0.2, 0.25) is 0 Å². The molecule has 1 amide bonds. The molecule has 1 rings (SSSR count). The van der Waals surface area contributed by atoms with Gasteiger partial charge in [0.2, 0.25) is 0 Å². The topological polar surface area (TPSA) is 84.9 Å². The van der Waals surface area contributed by atoms with Crippen LogP contribution in [-0.4, -0.2) is 37.1 Å². The molecular weight excluding hydrogens is 178 g/mol. The summed E-state index contributed by atoms with van der Waals surface area (Å²) in [4.78, 5) is 20.7. The quantitative estimate of drug-likeness (QED) is 0.615. The van der Waals surface area contributed by atoms with Crippen molar-refractivity contribution in [3.8, 4) is 0 Å². The zero-order valence-electron chi connectivity index (χ0n) is 7.20. The third kappa shape index (κ3) is 2.81. The molecule has 0 atom stereocenters. The minimum atomic E-state index is -1.10. The second kappa shape index (κ2) is 3.51. The predicted molar refractivity (Wildman–Crippen MR) is 41.4 cm³/mol. The highest BCUT2D eigenvalue weighted by Gasteiger charge is 2.33. The first-order valence-corrected chi connectivity index (χ1v) is 3.78. The van der Waals surface area contributed by atoms with Crippen molar-refractivity contribution in [2.24, 2.45) is 5.41 Å². The summed E-state index contributed by atoms with van der Waals surface area (Å²) in [5, 5.41) is 10.6. The van der Waals surface area contributed by atoms with Crippen LogP contribution in [0.5, 0.6) is 0 Å². The van der Waals surface area contributed by atoms with Gasteiger partial charge in [-0.2, -0.15) is 0 Å². The largest absolute Gasteiger partial charge is 0.508 e. The lowest BCUT2D eigenvalue weighted by molar-refractivity contribution is -0.0504. The number of hydrogen-bond acceptors (Lipinski definition) is 4. The summed E-state index contributed by atoms with van der Waals surface area (Å²) in [6.45, 7) is 2.32. The summed E-state index contributed by atoms with van der Waals surface area (Å²) in [6.07, 6.45) is -1.80. The minimum absolute atomic E-state index is 0.173. The summed E-state index contributed by atoms with van der Waals surface area (Å²) in [5.74, 6) is 0. The molecule has 0 aromatic heterocycles. The highest BCUT2D eigenvalue weighted by atomic mass is 16.7. The van der Waals surface area contributed by atoms with Crippen molar-refractivity contribution in [1.82, 2.24) is 5.32 Å². The van der Waals surface area contributed by atoms with Gasteiger partial charge in [0.25, 0.3) is 0 Å². The lowest BCUT2D eigenvalue weighted by atomic mass is 9.92. The van der Waals surface area contributed by atoms with Crippen LogP contribution in [0.3, 0.4) is 0 Å². The fourth-order valence-corrected chi connectivity index (χ4v) is 0.941. The van der Waals surface area contributed by atoms with Gasteiger partial charge in [0.15, 0.2) is 0 Å². The van der Waals surface area contributed by atoms with Gasteiger partial charge >= 0.3 is 12.2 Å². The Morgan fingerprint density at radius 3 is 2.62 bits per heavy atom. The molecule has 1 saturated heterocycles. The highest BCUT2D eigenvalue weighted by molar-refractivity contribution is 5.64. The molecule has 0 bridgehead atoms. The summed E-state index contributed by atoms with van der Waals surface area (Å²) >= 11 is 0. The lowest BCUT2D eigenvalue weighted by Gasteiger charge is -2.31. The number of ether oxygens (including phenoxy) is 2. The molecule has 2 N–H and O–H groups in total. The lowest BCUT2D eigenvalue weighted by Crippen LogP contribution is -2.45. The van der Waals surface area contributed by atoms with Gasteiger partial charge < -0.3 is 19.9 Å². The number of rotatable bonds is 2. The Morgan fingerprint density at radius 2 is 2.15 bits per heavy atom. The van der Waals surface area contributed by atoms with Gasteiger partial charge in [-0.05, 0) is 0 Å². The summed E-state index contributed by atoms with van der Waals surface area (Å²) in [7, 11) is 0. The number of carboxylic acid groups (broad SMARTS) is 1. The number of hydrogen-bond donors (Lipinski definition) is 2. The van der Waals surface area contributed by atoms with Crippen LogP contribution in [0, 0.1) is 5.41 Å². The Morgan fingerprint density at radius 1 is 1.62 bits per heavy atom. The van der Waals surface area contributed by atoms with E-state index >= 15 is 0 Å². The molecule has 0 unspecified atom stereocenters. The molecule has 6 nitrogen and oxygen atoms in total. The maximum Gasteiger partial charge on any atom is 0.508 e. The molecule has 0 radical (unpaired) electrons. The van der Waals surface area contributed by atoms with Crippen LogP contribution < -0.4 is 5.32 Å². The van der Waals surface area contributed by atoms with Crippen molar-refractivity contribution in [3.05, 3.63) is 0 Å².